The van der Waals surface area contributed by atoms with Gasteiger partial charge in [0, 0.05) is 29.2 Å². The Kier molecular flexibility index (Phi) is 6.10. The van der Waals surface area contributed by atoms with E-state index in [9.17, 15) is 18.0 Å². The summed E-state index contributed by atoms with van der Waals surface area (Å²) in [7, 11) is -3.72. The number of carbonyl (C=O) groups excluding carboxylic acids is 2. The maximum absolute atomic E-state index is 12.9. The van der Waals surface area contributed by atoms with Crippen LogP contribution in [0.1, 0.15) is 25.3 Å². The van der Waals surface area contributed by atoms with E-state index in [1.165, 1.54) is 30.8 Å². The first-order valence-corrected chi connectivity index (χ1v) is 11.5. The van der Waals surface area contributed by atoms with Gasteiger partial charge in [0.05, 0.1) is 15.8 Å². The van der Waals surface area contributed by atoms with E-state index in [2.05, 4.69) is 10.6 Å². The van der Waals surface area contributed by atoms with Crippen molar-refractivity contribution in [3.8, 4) is 0 Å². The second-order valence-electron chi connectivity index (χ2n) is 6.78. The predicted octanol–water partition coefficient (Wildman–Crippen LogP) is 3.62. The molecule has 2 aromatic rings. The number of hydrogen-bond donors (Lipinski definition) is 2. The van der Waals surface area contributed by atoms with Crippen molar-refractivity contribution in [2.24, 2.45) is 0 Å². The van der Waals surface area contributed by atoms with Crippen LogP contribution < -0.4 is 10.6 Å². The molecule has 0 saturated heterocycles. The Morgan fingerprint density at radius 3 is 2.64 bits per heavy atom. The molecule has 2 aromatic carbocycles. The van der Waals surface area contributed by atoms with Crippen LogP contribution in [0.2, 0.25) is 0 Å². The molecule has 0 fully saturated rings. The van der Waals surface area contributed by atoms with E-state index < -0.39 is 15.1 Å². The zero-order valence-electron chi connectivity index (χ0n) is 15.7. The number of sulfone groups is 1. The van der Waals surface area contributed by atoms with Crippen molar-refractivity contribution in [3.63, 3.8) is 0 Å². The minimum atomic E-state index is -3.72. The van der Waals surface area contributed by atoms with Gasteiger partial charge in [0.25, 0.3) is 0 Å². The number of fused-ring (bicyclic) bond motifs is 1. The molecule has 3 rings (SSSR count). The van der Waals surface area contributed by atoms with Crippen LogP contribution in [0.3, 0.4) is 0 Å². The fourth-order valence-electron chi connectivity index (χ4n) is 2.83. The van der Waals surface area contributed by atoms with E-state index in [4.69, 9.17) is 0 Å². The molecule has 0 bridgehead atoms. The number of hydrogen-bond acceptors (Lipinski definition) is 5. The molecule has 2 amide bonds. The minimum Gasteiger partial charge on any atom is -0.326 e. The molecule has 6 nitrogen and oxygen atoms in total. The number of anilines is 2. The highest BCUT2D eigenvalue weighted by Gasteiger charge is 2.27. The molecular weight excluding hydrogens is 396 g/mol. The molecular formula is C20H22N2O4S2. The van der Waals surface area contributed by atoms with Gasteiger partial charge in [-0.15, -0.1) is 11.8 Å². The number of thioether (sulfide) groups is 1. The first kappa shape index (κ1) is 20.4. The average Bonchev–Trinajstić information content (AvgIpc) is 2.83. The Balaban J connectivity index is 1.73. The van der Waals surface area contributed by atoms with Crippen molar-refractivity contribution in [3.05, 3.63) is 48.0 Å². The van der Waals surface area contributed by atoms with Gasteiger partial charge in [0.2, 0.25) is 11.8 Å². The molecule has 1 atom stereocenters. The van der Waals surface area contributed by atoms with E-state index in [1.54, 1.807) is 18.2 Å². The van der Waals surface area contributed by atoms with Crippen molar-refractivity contribution in [1.29, 1.82) is 0 Å². The molecule has 0 aromatic heterocycles. The van der Waals surface area contributed by atoms with E-state index >= 15 is 0 Å². The third-order valence-corrected chi connectivity index (χ3v) is 7.69. The Hall–Kier alpha value is -2.32. The third-order valence-electron chi connectivity index (χ3n) is 4.48. The van der Waals surface area contributed by atoms with Crippen LogP contribution in [-0.4, -0.2) is 31.2 Å². The molecule has 0 unspecified atom stereocenters. The van der Waals surface area contributed by atoms with Gasteiger partial charge in [0.1, 0.15) is 0 Å². The summed E-state index contributed by atoms with van der Waals surface area (Å²) in [5.41, 5.74) is 2.21. The Morgan fingerprint density at radius 1 is 1.21 bits per heavy atom. The Labute approximate surface area is 169 Å². The quantitative estimate of drug-likeness (QED) is 0.774. The summed E-state index contributed by atoms with van der Waals surface area (Å²) in [5.74, 6) is 0.158. The van der Waals surface area contributed by atoms with Crippen molar-refractivity contribution in [1.82, 2.24) is 0 Å². The second-order valence-corrected chi connectivity index (χ2v) is 10.3. The van der Waals surface area contributed by atoms with Crippen LogP contribution >= 0.6 is 11.8 Å². The molecule has 8 heteroatoms. The molecule has 0 aliphatic carbocycles. The molecule has 1 heterocycles. The van der Waals surface area contributed by atoms with Gasteiger partial charge in [-0.25, -0.2) is 8.42 Å². The smallest absolute Gasteiger partial charge is 0.225 e. The predicted molar refractivity (Wildman–Crippen MR) is 111 cm³/mol. The van der Waals surface area contributed by atoms with Crippen molar-refractivity contribution >= 4 is 44.8 Å². The number of nitrogens with one attached hydrogen (secondary N) is 2. The first-order chi connectivity index (χ1) is 13.3. The van der Waals surface area contributed by atoms with Crippen molar-refractivity contribution in [2.75, 3.05) is 16.4 Å². The normalized spacial score (nSPS) is 15.1. The number of benzene rings is 2. The largest absolute Gasteiger partial charge is 0.326 e. The highest BCUT2D eigenvalue weighted by atomic mass is 32.2. The summed E-state index contributed by atoms with van der Waals surface area (Å²) < 4.78 is 25.8. The third kappa shape index (κ3) is 4.74. The lowest BCUT2D eigenvalue weighted by molar-refractivity contribution is -0.116. The summed E-state index contributed by atoms with van der Waals surface area (Å²) in [6, 6.07) is 12.0. The highest BCUT2D eigenvalue weighted by Crippen LogP contribution is 2.33. The number of aryl methyl sites for hydroxylation is 1. The highest BCUT2D eigenvalue weighted by molar-refractivity contribution is 7.99. The zero-order chi connectivity index (χ0) is 20.3. The Morgan fingerprint density at radius 2 is 1.93 bits per heavy atom. The Bertz CT molecular complexity index is 1000. The van der Waals surface area contributed by atoms with Crippen LogP contribution in [0.5, 0.6) is 0 Å². The van der Waals surface area contributed by atoms with Gasteiger partial charge in [-0.1, -0.05) is 17.7 Å². The van der Waals surface area contributed by atoms with Crippen LogP contribution in [-0.2, 0) is 19.4 Å². The number of amides is 2. The van der Waals surface area contributed by atoms with Gasteiger partial charge < -0.3 is 10.6 Å². The van der Waals surface area contributed by atoms with E-state index in [0.29, 0.717) is 23.5 Å². The zero-order valence-corrected chi connectivity index (χ0v) is 17.3. The molecule has 1 aliphatic heterocycles. The molecule has 0 saturated carbocycles. The van der Waals surface area contributed by atoms with Gasteiger partial charge in [-0.3, -0.25) is 9.59 Å². The standard InChI is InChI=1S/C20H22N2O4S2/c1-13-3-5-15(6-4-13)21-20(24)11-14(2)28(25,26)16-7-8-18-17(12-16)22-19(23)9-10-27-18/h3-8,12,14H,9-11H2,1-2H3,(H,21,24)(H,22,23)/t14-/m0/s1. The van der Waals surface area contributed by atoms with Gasteiger partial charge in [-0.2, -0.15) is 0 Å². The van der Waals surface area contributed by atoms with E-state index in [-0.39, 0.29) is 23.1 Å². The monoisotopic (exact) mass is 418 g/mol. The topological polar surface area (TPSA) is 92.3 Å². The lowest BCUT2D eigenvalue weighted by Gasteiger charge is -2.15. The summed E-state index contributed by atoms with van der Waals surface area (Å²) in [6.45, 7) is 3.46. The summed E-state index contributed by atoms with van der Waals surface area (Å²) in [6.07, 6.45) is 0.228. The molecule has 0 spiro atoms. The fourth-order valence-corrected chi connectivity index (χ4v) is 5.14. The molecule has 1 aliphatic rings. The summed E-state index contributed by atoms with van der Waals surface area (Å²) >= 11 is 1.51. The maximum atomic E-state index is 12.9. The van der Waals surface area contributed by atoms with Gasteiger partial charge >= 0.3 is 0 Å². The van der Waals surface area contributed by atoms with Crippen molar-refractivity contribution in [2.45, 2.75) is 41.7 Å². The number of rotatable bonds is 5. The molecule has 0 radical (unpaired) electrons. The molecule has 28 heavy (non-hydrogen) atoms. The van der Waals surface area contributed by atoms with Gasteiger partial charge in [0.15, 0.2) is 9.84 Å². The van der Waals surface area contributed by atoms with E-state index in [0.717, 1.165) is 10.5 Å². The number of carbonyl (C=O) groups is 2. The fraction of sp³-hybridized carbons (Fsp3) is 0.300. The average molecular weight is 419 g/mol. The van der Waals surface area contributed by atoms with Gasteiger partial charge in [-0.05, 0) is 44.2 Å². The maximum Gasteiger partial charge on any atom is 0.225 e. The first-order valence-electron chi connectivity index (χ1n) is 8.93. The van der Waals surface area contributed by atoms with E-state index in [1.807, 2.05) is 19.1 Å². The van der Waals surface area contributed by atoms with Crippen LogP contribution in [0.15, 0.2) is 52.3 Å². The summed E-state index contributed by atoms with van der Waals surface area (Å²) in [4.78, 5) is 25.0. The summed E-state index contributed by atoms with van der Waals surface area (Å²) in [5, 5.41) is 4.57. The van der Waals surface area contributed by atoms with Crippen LogP contribution in [0.4, 0.5) is 11.4 Å². The lowest BCUT2D eigenvalue weighted by Crippen LogP contribution is -2.25. The second kappa shape index (κ2) is 8.36. The minimum absolute atomic E-state index is 0.102. The van der Waals surface area contributed by atoms with Crippen LogP contribution in [0, 0.1) is 6.92 Å². The molecule has 148 valence electrons. The molecule has 2 N–H and O–H groups in total. The SMILES string of the molecule is Cc1ccc(NC(=O)C[C@H](C)S(=O)(=O)c2ccc3c(c2)NC(=O)CCS3)cc1. The van der Waals surface area contributed by atoms with Crippen molar-refractivity contribution < 1.29 is 18.0 Å². The lowest BCUT2D eigenvalue weighted by atomic mass is 10.2. The van der Waals surface area contributed by atoms with Crippen LogP contribution in [0.25, 0.3) is 0 Å².